The number of aliphatic hydroxyl groups is 1. The summed E-state index contributed by atoms with van der Waals surface area (Å²) in [5, 5.41) is 10.2. The van der Waals surface area contributed by atoms with Crippen LogP contribution >= 0.6 is 0 Å². The van der Waals surface area contributed by atoms with Crippen LogP contribution in [0.3, 0.4) is 0 Å². The molecule has 0 saturated carbocycles. The Hall–Kier alpha value is -1.34. The van der Waals surface area contributed by atoms with Gasteiger partial charge in [-0.15, -0.1) is 0 Å². The zero-order chi connectivity index (χ0) is 18.7. The maximum atomic E-state index is 10.2. The summed E-state index contributed by atoms with van der Waals surface area (Å²) in [5.41, 5.74) is 1.13. The Morgan fingerprint density at radius 3 is 2.44 bits per heavy atom. The fourth-order valence-corrected chi connectivity index (χ4v) is 2.59. The molecule has 0 amide bonds. The summed E-state index contributed by atoms with van der Waals surface area (Å²) in [6.07, 6.45) is -0.530. The molecule has 0 aromatic heterocycles. The van der Waals surface area contributed by atoms with E-state index >= 15 is 0 Å². The number of hydrogen-bond donors (Lipinski definition) is 1. The first-order chi connectivity index (χ1) is 12.0. The second kappa shape index (κ2) is 12.1. The van der Waals surface area contributed by atoms with Crippen molar-refractivity contribution < 1.29 is 19.3 Å². The topological polar surface area (TPSA) is 54.4 Å². The van der Waals surface area contributed by atoms with Gasteiger partial charge in [-0.2, -0.15) is 0 Å². The molecule has 1 aromatic rings. The summed E-state index contributed by atoms with van der Waals surface area (Å²) < 4.78 is 16.3. The molecule has 144 valence electrons. The lowest BCUT2D eigenvalue weighted by atomic mass is 10.2. The Balaban J connectivity index is 2.65. The van der Waals surface area contributed by atoms with Crippen molar-refractivity contribution in [1.29, 1.82) is 0 Å². The molecule has 25 heavy (non-hydrogen) atoms. The number of nitrogens with zero attached hydrogens (tertiary/aromatic N) is 2. The van der Waals surface area contributed by atoms with E-state index in [-0.39, 0.29) is 6.61 Å². The van der Waals surface area contributed by atoms with Crippen molar-refractivity contribution in [3.05, 3.63) is 23.8 Å². The average Bonchev–Trinajstić information content (AvgIpc) is 2.62. The highest BCUT2D eigenvalue weighted by Gasteiger charge is 2.13. The van der Waals surface area contributed by atoms with Crippen molar-refractivity contribution in [3.63, 3.8) is 0 Å². The summed E-state index contributed by atoms with van der Waals surface area (Å²) in [5.74, 6) is 1.34. The van der Waals surface area contributed by atoms with Crippen LogP contribution in [0, 0.1) is 0 Å². The quantitative estimate of drug-likeness (QED) is 0.583. The Morgan fingerprint density at radius 2 is 1.84 bits per heavy atom. The molecule has 0 fully saturated rings. The normalized spacial score (nSPS) is 12.6. The van der Waals surface area contributed by atoms with Crippen molar-refractivity contribution in [3.8, 4) is 11.5 Å². The van der Waals surface area contributed by atoms with Gasteiger partial charge < -0.3 is 24.2 Å². The van der Waals surface area contributed by atoms with E-state index in [4.69, 9.17) is 14.2 Å². The van der Waals surface area contributed by atoms with Crippen molar-refractivity contribution in [2.24, 2.45) is 0 Å². The fraction of sp³-hybridized carbons (Fsp3) is 0.684. The van der Waals surface area contributed by atoms with E-state index in [1.54, 1.807) is 14.2 Å². The van der Waals surface area contributed by atoms with E-state index in [9.17, 15) is 5.11 Å². The van der Waals surface area contributed by atoms with Crippen LogP contribution in [0.25, 0.3) is 0 Å². The van der Waals surface area contributed by atoms with Crippen LogP contribution in [0.1, 0.15) is 19.4 Å². The predicted molar refractivity (Wildman–Crippen MR) is 100 cm³/mol. The molecule has 1 rings (SSSR count). The van der Waals surface area contributed by atoms with Crippen LogP contribution in [0.4, 0.5) is 0 Å². The van der Waals surface area contributed by atoms with Gasteiger partial charge in [-0.1, -0.05) is 19.9 Å². The molecule has 6 heteroatoms. The maximum absolute atomic E-state index is 10.2. The summed E-state index contributed by atoms with van der Waals surface area (Å²) >= 11 is 0. The highest BCUT2D eigenvalue weighted by atomic mass is 16.5. The lowest BCUT2D eigenvalue weighted by Gasteiger charge is -2.22. The first kappa shape index (κ1) is 21.7. The molecule has 0 unspecified atom stereocenters. The lowest BCUT2D eigenvalue weighted by Crippen LogP contribution is -2.35. The highest BCUT2D eigenvalue weighted by Crippen LogP contribution is 2.28. The highest BCUT2D eigenvalue weighted by molar-refractivity contribution is 5.43. The molecule has 0 aliphatic carbocycles. The molecular weight excluding hydrogens is 320 g/mol. The van der Waals surface area contributed by atoms with E-state index in [1.165, 1.54) is 0 Å². The largest absolute Gasteiger partial charge is 0.493 e. The zero-order valence-corrected chi connectivity index (χ0v) is 16.3. The second-order valence-electron chi connectivity index (χ2n) is 6.17. The van der Waals surface area contributed by atoms with Gasteiger partial charge in [0.05, 0.1) is 13.7 Å². The number of rotatable bonds is 13. The Morgan fingerprint density at radius 1 is 1.12 bits per heavy atom. The van der Waals surface area contributed by atoms with Gasteiger partial charge in [0.25, 0.3) is 0 Å². The molecule has 0 aliphatic heterocycles. The van der Waals surface area contributed by atoms with Crippen LogP contribution in [0.5, 0.6) is 11.5 Å². The molecule has 0 saturated heterocycles. The fourth-order valence-electron chi connectivity index (χ4n) is 2.59. The first-order valence-electron chi connectivity index (χ1n) is 8.91. The summed E-state index contributed by atoms with van der Waals surface area (Å²) in [4.78, 5) is 4.36. The summed E-state index contributed by atoms with van der Waals surface area (Å²) in [7, 11) is 5.38. The molecule has 1 aromatic carbocycles. The van der Waals surface area contributed by atoms with Crippen molar-refractivity contribution in [2.75, 3.05) is 60.7 Å². The van der Waals surface area contributed by atoms with E-state index in [0.717, 1.165) is 31.7 Å². The number of hydrogen-bond acceptors (Lipinski definition) is 6. The molecule has 0 heterocycles. The zero-order valence-electron chi connectivity index (χ0n) is 16.3. The van der Waals surface area contributed by atoms with E-state index < -0.39 is 6.10 Å². The molecule has 0 bridgehead atoms. The molecule has 6 nitrogen and oxygen atoms in total. The predicted octanol–water partition coefficient (Wildman–Crippen LogP) is 1.85. The molecule has 0 radical (unpaired) electrons. The smallest absolute Gasteiger partial charge is 0.161 e. The molecule has 0 spiro atoms. The van der Waals surface area contributed by atoms with Crippen molar-refractivity contribution in [1.82, 2.24) is 9.80 Å². The van der Waals surface area contributed by atoms with E-state index in [0.29, 0.717) is 24.7 Å². The number of aliphatic hydroxyl groups excluding tert-OH is 1. The Bertz CT molecular complexity index is 480. The first-order valence-corrected chi connectivity index (χ1v) is 8.91. The van der Waals surface area contributed by atoms with Crippen LogP contribution in [-0.4, -0.2) is 81.7 Å². The minimum Gasteiger partial charge on any atom is -0.493 e. The Labute approximate surface area is 152 Å². The van der Waals surface area contributed by atoms with Gasteiger partial charge in [-0.3, -0.25) is 4.90 Å². The van der Waals surface area contributed by atoms with Crippen LogP contribution in [0.2, 0.25) is 0 Å². The second-order valence-corrected chi connectivity index (χ2v) is 6.17. The van der Waals surface area contributed by atoms with Crippen molar-refractivity contribution >= 4 is 0 Å². The van der Waals surface area contributed by atoms with Crippen molar-refractivity contribution in [2.45, 2.75) is 26.5 Å². The van der Waals surface area contributed by atoms with Gasteiger partial charge in [0.15, 0.2) is 11.5 Å². The average molecular weight is 354 g/mol. The molecule has 1 atom stereocenters. The number of ether oxygens (including phenoxy) is 3. The SMILES string of the molecule is CCN(CC)C[C@@H](O)COc1cc(CN(C)CCOC)ccc1OC. The standard InChI is InChI=1S/C19H34N2O4/c1-6-21(7-2)14-17(22)15-25-19-12-16(8-9-18(19)24-5)13-20(3)10-11-23-4/h8-9,12,17,22H,6-7,10-11,13-15H2,1-5H3/t17-/m1/s1. The van der Waals surface area contributed by atoms with Crippen LogP contribution in [-0.2, 0) is 11.3 Å². The lowest BCUT2D eigenvalue weighted by molar-refractivity contribution is 0.0705. The third-order valence-electron chi connectivity index (χ3n) is 4.15. The van der Waals surface area contributed by atoms with Gasteiger partial charge in [0, 0.05) is 26.7 Å². The number of likely N-dealkylation sites (N-methyl/N-ethyl adjacent to an activating group) is 2. The third-order valence-corrected chi connectivity index (χ3v) is 4.15. The molecule has 0 aliphatic rings. The Kier molecular flexibility index (Phi) is 10.5. The van der Waals surface area contributed by atoms with Gasteiger partial charge in [0.1, 0.15) is 12.7 Å². The minimum atomic E-state index is -0.530. The van der Waals surface area contributed by atoms with Gasteiger partial charge in [0.2, 0.25) is 0 Å². The number of benzene rings is 1. The van der Waals surface area contributed by atoms with Crippen LogP contribution in [0.15, 0.2) is 18.2 Å². The van der Waals surface area contributed by atoms with E-state index in [2.05, 4.69) is 30.7 Å². The minimum absolute atomic E-state index is 0.246. The molecular formula is C19H34N2O4. The molecule has 1 N–H and O–H groups in total. The van der Waals surface area contributed by atoms with Crippen LogP contribution < -0.4 is 9.47 Å². The summed E-state index contributed by atoms with van der Waals surface area (Å²) in [6, 6.07) is 5.92. The summed E-state index contributed by atoms with van der Waals surface area (Å²) in [6.45, 7) is 9.22. The number of methoxy groups -OCH3 is 2. The third kappa shape index (κ3) is 8.05. The maximum Gasteiger partial charge on any atom is 0.161 e. The monoisotopic (exact) mass is 354 g/mol. The van der Waals surface area contributed by atoms with E-state index in [1.807, 2.05) is 18.2 Å². The van der Waals surface area contributed by atoms with Gasteiger partial charge in [-0.05, 0) is 37.8 Å². The van der Waals surface area contributed by atoms with Gasteiger partial charge in [-0.25, -0.2) is 0 Å². The van der Waals surface area contributed by atoms with Gasteiger partial charge >= 0.3 is 0 Å².